The normalized spacial score (nSPS) is 13.1. The highest BCUT2D eigenvalue weighted by Crippen LogP contribution is 2.23. The standard InChI is InChI=1S/C20H20ClN5O4/c1-20(30,19(28)29)12-26(24-18(27)17-10-22-25-23-17)11-13-5-7-14(8-6-13)15-3-2-4-16(21)9-15/h2-10,30H,11-12H2,1H3,(H,24,27)(H,28,29)(H,22,23,25). The molecule has 0 fully saturated rings. The smallest absolute Gasteiger partial charge is 0.336 e. The van der Waals surface area contributed by atoms with Crippen LogP contribution in [0.1, 0.15) is 23.0 Å². The third kappa shape index (κ3) is 5.41. The number of carboxylic acids is 1. The fourth-order valence-electron chi connectivity index (χ4n) is 2.78. The Labute approximate surface area is 177 Å². The number of H-pyrrole nitrogens is 1. The summed E-state index contributed by atoms with van der Waals surface area (Å²) < 4.78 is 0. The minimum absolute atomic E-state index is 0.0336. The van der Waals surface area contributed by atoms with E-state index in [2.05, 4.69) is 20.8 Å². The number of nitrogens with one attached hydrogen (secondary N) is 2. The van der Waals surface area contributed by atoms with Crippen molar-refractivity contribution in [3.05, 3.63) is 71.0 Å². The Kier molecular flexibility index (Phi) is 6.46. The highest BCUT2D eigenvalue weighted by molar-refractivity contribution is 6.30. The number of aliphatic hydroxyl groups is 1. The van der Waals surface area contributed by atoms with Crippen molar-refractivity contribution in [2.24, 2.45) is 0 Å². The van der Waals surface area contributed by atoms with E-state index in [-0.39, 0.29) is 18.8 Å². The van der Waals surface area contributed by atoms with Crippen molar-refractivity contribution in [1.29, 1.82) is 0 Å². The summed E-state index contributed by atoms with van der Waals surface area (Å²) in [6.07, 6.45) is 1.24. The Morgan fingerprint density at radius 3 is 2.53 bits per heavy atom. The van der Waals surface area contributed by atoms with Gasteiger partial charge in [0.25, 0.3) is 5.91 Å². The van der Waals surface area contributed by atoms with E-state index in [1.54, 1.807) is 6.07 Å². The molecule has 1 aromatic heterocycles. The van der Waals surface area contributed by atoms with Crippen molar-refractivity contribution in [2.75, 3.05) is 6.54 Å². The second-order valence-electron chi connectivity index (χ2n) is 6.94. The maximum atomic E-state index is 12.3. The first-order chi connectivity index (χ1) is 14.2. The van der Waals surface area contributed by atoms with Gasteiger partial charge in [-0.05, 0) is 35.7 Å². The lowest BCUT2D eigenvalue weighted by molar-refractivity contribution is -0.159. The molecule has 10 heteroatoms. The number of aromatic amines is 1. The molecule has 0 aliphatic carbocycles. The topological polar surface area (TPSA) is 131 Å². The number of halogens is 1. The van der Waals surface area contributed by atoms with E-state index < -0.39 is 17.5 Å². The summed E-state index contributed by atoms with van der Waals surface area (Å²) in [7, 11) is 0. The minimum Gasteiger partial charge on any atom is -0.479 e. The van der Waals surface area contributed by atoms with Gasteiger partial charge in [0.1, 0.15) is 0 Å². The average molecular weight is 430 g/mol. The number of carboxylic acid groups (broad SMARTS) is 1. The van der Waals surface area contributed by atoms with E-state index in [9.17, 15) is 19.8 Å². The van der Waals surface area contributed by atoms with E-state index in [0.717, 1.165) is 23.6 Å². The number of amides is 1. The maximum absolute atomic E-state index is 12.3. The van der Waals surface area contributed by atoms with Gasteiger partial charge in [0.05, 0.1) is 12.7 Å². The molecule has 0 saturated heterocycles. The molecule has 0 aliphatic rings. The zero-order chi connectivity index (χ0) is 21.7. The number of carbonyl (C=O) groups excluding carboxylic acids is 1. The van der Waals surface area contributed by atoms with Gasteiger partial charge in [0, 0.05) is 11.6 Å². The van der Waals surface area contributed by atoms with Crippen LogP contribution in [-0.4, -0.2) is 54.7 Å². The first-order valence-corrected chi connectivity index (χ1v) is 9.35. The summed E-state index contributed by atoms with van der Waals surface area (Å²) in [5.41, 5.74) is 3.23. The summed E-state index contributed by atoms with van der Waals surface area (Å²) in [6.45, 7) is 0.970. The lowest BCUT2D eigenvalue weighted by Gasteiger charge is -2.29. The Morgan fingerprint density at radius 1 is 1.20 bits per heavy atom. The van der Waals surface area contributed by atoms with Gasteiger partial charge in [0.15, 0.2) is 11.3 Å². The summed E-state index contributed by atoms with van der Waals surface area (Å²) in [4.78, 5) is 23.6. The summed E-state index contributed by atoms with van der Waals surface area (Å²) >= 11 is 6.04. The highest BCUT2D eigenvalue weighted by Gasteiger charge is 2.33. The van der Waals surface area contributed by atoms with Gasteiger partial charge in [-0.1, -0.05) is 48.0 Å². The summed E-state index contributed by atoms with van der Waals surface area (Å²) in [5, 5.41) is 31.0. The zero-order valence-electron chi connectivity index (χ0n) is 16.0. The van der Waals surface area contributed by atoms with Crippen molar-refractivity contribution in [3.8, 4) is 11.1 Å². The molecule has 30 heavy (non-hydrogen) atoms. The molecule has 3 rings (SSSR count). The number of hydrogen-bond donors (Lipinski definition) is 4. The molecule has 0 radical (unpaired) electrons. The van der Waals surface area contributed by atoms with Crippen molar-refractivity contribution in [1.82, 2.24) is 25.8 Å². The summed E-state index contributed by atoms with van der Waals surface area (Å²) in [6, 6.07) is 14.9. The van der Waals surface area contributed by atoms with Crippen molar-refractivity contribution < 1.29 is 19.8 Å². The van der Waals surface area contributed by atoms with Crippen molar-refractivity contribution in [3.63, 3.8) is 0 Å². The number of hydrazine groups is 1. The number of aromatic nitrogens is 3. The third-order valence-corrected chi connectivity index (χ3v) is 4.59. The molecule has 156 valence electrons. The van der Waals surface area contributed by atoms with Gasteiger partial charge >= 0.3 is 5.97 Å². The lowest BCUT2D eigenvalue weighted by atomic mass is 10.0. The molecule has 1 atom stereocenters. The predicted octanol–water partition coefficient (Wildman–Crippen LogP) is 2.11. The molecule has 4 N–H and O–H groups in total. The average Bonchev–Trinajstić information content (AvgIpc) is 3.23. The molecule has 9 nitrogen and oxygen atoms in total. The molecule has 1 unspecified atom stereocenters. The fraction of sp³-hybridized carbons (Fsp3) is 0.200. The second-order valence-corrected chi connectivity index (χ2v) is 7.37. The van der Waals surface area contributed by atoms with E-state index >= 15 is 0 Å². The molecule has 3 aromatic rings. The van der Waals surface area contributed by atoms with Crippen LogP contribution < -0.4 is 5.43 Å². The van der Waals surface area contributed by atoms with Crippen LogP contribution in [0.2, 0.25) is 5.02 Å². The van der Waals surface area contributed by atoms with Gasteiger partial charge in [-0.25, -0.2) is 9.80 Å². The molecule has 1 heterocycles. The quantitative estimate of drug-likeness (QED) is 0.403. The number of nitrogens with zero attached hydrogens (tertiary/aromatic N) is 3. The van der Waals surface area contributed by atoms with E-state index in [1.165, 1.54) is 11.2 Å². The minimum atomic E-state index is -2.07. The molecular formula is C20H20ClN5O4. The number of benzene rings is 2. The molecule has 1 amide bonds. The van der Waals surface area contributed by atoms with Crippen molar-refractivity contribution in [2.45, 2.75) is 19.1 Å². The van der Waals surface area contributed by atoms with E-state index in [0.29, 0.717) is 5.02 Å². The number of hydrogen-bond acceptors (Lipinski definition) is 6. The Morgan fingerprint density at radius 2 is 1.93 bits per heavy atom. The molecule has 0 bridgehead atoms. The van der Waals surface area contributed by atoms with Crippen LogP contribution in [0.5, 0.6) is 0 Å². The Balaban J connectivity index is 1.77. The van der Waals surface area contributed by atoms with Gasteiger partial charge in [-0.15, -0.1) is 0 Å². The van der Waals surface area contributed by atoms with Gasteiger partial charge in [-0.2, -0.15) is 15.4 Å². The molecule has 0 aliphatic heterocycles. The Hall–Kier alpha value is -3.27. The van der Waals surface area contributed by atoms with Gasteiger partial charge in [0.2, 0.25) is 0 Å². The van der Waals surface area contributed by atoms with Crippen LogP contribution in [-0.2, 0) is 11.3 Å². The first-order valence-electron chi connectivity index (χ1n) is 8.97. The second kappa shape index (κ2) is 9.04. The molecule has 0 saturated carbocycles. The van der Waals surface area contributed by atoms with Crippen LogP contribution >= 0.6 is 11.6 Å². The number of rotatable bonds is 8. The zero-order valence-corrected chi connectivity index (χ0v) is 16.8. The monoisotopic (exact) mass is 429 g/mol. The maximum Gasteiger partial charge on any atom is 0.336 e. The molecular weight excluding hydrogens is 410 g/mol. The lowest BCUT2D eigenvalue weighted by Crippen LogP contribution is -2.52. The van der Waals surface area contributed by atoms with Gasteiger partial charge in [-0.3, -0.25) is 10.2 Å². The van der Waals surface area contributed by atoms with E-state index in [1.807, 2.05) is 42.5 Å². The van der Waals surface area contributed by atoms with Gasteiger partial charge < -0.3 is 10.2 Å². The Bertz CT molecular complexity index is 1020. The van der Waals surface area contributed by atoms with Crippen LogP contribution in [0, 0.1) is 0 Å². The molecule has 2 aromatic carbocycles. The molecule has 0 spiro atoms. The number of aliphatic carboxylic acids is 1. The third-order valence-electron chi connectivity index (χ3n) is 4.35. The van der Waals surface area contributed by atoms with Crippen LogP contribution in [0.3, 0.4) is 0 Å². The van der Waals surface area contributed by atoms with Crippen LogP contribution in [0.15, 0.2) is 54.7 Å². The highest BCUT2D eigenvalue weighted by atomic mass is 35.5. The van der Waals surface area contributed by atoms with E-state index in [4.69, 9.17) is 11.6 Å². The van der Waals surface area contributed by atoms with Crippen LogP contribution in [0.25, 0.3) is 11.1 Å². The largest absolute Gasteiger partial charge is 0.479 e. The fourth-order valence-corrected chi connectivity index (χ4v) is 2.97. The summed E-state index contributed by atoms with van der Waals surface area (Å²) in [5.74, 6) is -1.99. The number of carbonyl (C=O) groups is 2. The van der Waals surface area contributed by atoms with Crippen molar-refractivity contribution >= 4 is 23.5 Å². The SMILES string of the molecule is CC(O)(CN(Cc1ccc(-c2cccc(Cl)c2)cc1)NC(=O)c1cn[nH]n1)C(=O)O. The predicted molar refractivity (Wildman–Crippen MR) is 109 cm³/mol. The van der Waals surface area contributed by atoms with Crippen LogP contribution in [0.4, 0.5) is 0 Å². The first kappa shape index (κ1) is 21.4.